The van der Waals surface area contributed by atoms with Gasteiger partial charge in [0.15, 0.2) is 0 Å². The zero-order chi connectivity index (χ0) is 12.2. The molecule has 1 fully saturated rings. The summed E-state index contributed by atoms with van der Waals surface area (Å²) in [6.07, 6.45) is 4.96. The van der Waals surface area contributed by atoms with Gasteiger partial charge in [0.05, 0.1) is 16.9 Å². The monoisotopic (exact) mass is 233 g/mol. The molecular formula is C14H23N3. The van der Waals surface area contributed by atoms with Gasteiger partial charge in [-0.05, 0) is 64.2 Å². The fourth-order valence-corrected chi connectivity index (χ4v) is 3.51. The number of nitrogens with zero attached hydrogens (tertiary/aromatic N) is 3. The fraction of sp³-hybridized carbons (Fsp3) is 0.857. The number of aromatic nitrogens is 3. The highest BCUT2D eigenvalue weighted by molar-refractivity contribution is 5.16. The Kier molecular flexibility index (Phi) is 2.36. The molecular weight excluding hydrogens is 210 g/mol. The first-order valence-corrected chi connectivity index (χ1v) is 6.92. The van der Waals surface area contributed by atoms with E-state index < -0.39 is 0 Å². The second kappa shape index (κ2) is 3.56. The first-order valence-electron chi connectivity index (χ1n) is 6.92. The van der Waals surface area contributed by atoms with Gasteiger partial charge in [-0.25, -0.2) is 4.68 Å². The van der Waals surface area contributed by atoms with Gasteiger partial charge in [-0.3, -0.25) is 0 Å². The van der Waals surface area contributed by atoms with Crippen molar-refractivity contribution in [2.24, 2.45) is 17.8 Å². The Hall–Kier alpha value is -0.860. The molecule has 1 heterocycles. The highest BCUT2D eigenvalue weighted by Crippen LogP contribution is 2.52. The number of hydrogen-bond donors (Lipinski definition) is 0. The van der Waals surface area contributed by atoms with Crippen LogP contribution in [0.2, 0.25) is 0 Å². The maximum atomic E-state index is 4.42. The molecule has 17 heavy (non-hydrogen) atoms. The third-order valence-corrected chi connectivity index (χ3v) is 4.67. The Labute approximate surface area is 104 Å². The van der Waals surface area contributed by atoms with E-state index >= 15 is 0 Å². The Bertz CT molecular complexity index is 427. The molecule has 0 aliphatic heterocycles. The highest BCUT2D eigenvalue weighted by Gasteiger charge is 2.46. The summed E-state index contributed by atoms with van der Waals surface area (Å²) >= 11 is 0. The first-order chi connectivity index (χ1) is 7.98. The lowest BCUT2D eigenvalue weighted by molar-refractivity contribution is 0.333. The predicted molar refractivity (Wildman–Crippen MR) is 67.8 cm³/mol. The summed E-state index contributed by atoms with van der Waals surface area (Å²) in [7, 11) is 0. The molecule has 2 aliphatic carbocycles. The van der Waals surface area contributed by atoms with Gasteiger partial charge in [0.1, 0.15) is 0 Å². The summed E-state index contributed by atoms with van der Waals surface area (Å²) in [6.45, 7) is 9.05. The van der Waals surface area contributed by atoms with Gasteiger partial charge >= 0.3 is 0 Å². The molecule has 0 radical (unpaired) electrons. The van der Waals surface area contributed by atoms with Crippen molar-refractivity contribution in [2.45, 2.75) is 58.9 Å². The molecule has 1 aromatic heterocycles. The van der Waals surface area contributed by atoms with Crippen molar-refractivity contribution < 1.29 is 0 Å². The zero-order valence-electron chi connectivity index (χ0n) is 11.4. The van der Waals surface area contributed by atoms with E-state index in [1.807, 2.05) is 0 Å². The molecule has 1 saturated carbocycles. The van der Waals surface area contributed by atoms with E-state index in [1.165, 1.54) is 30.7 Å². The standard InChI is InChI=1S/C14H23N3/c1-9-10-5-7-12-13(8-6-11(9)10)17(16-15-12)14(2,3)4/h9-11H,5-8H2,1-4H3/t9?,10-,11+/m0/s1. The normalized spacial score (nSPS) is 32.4. The van der Waals surface area contributed by atoms with Crippen LogP contribution < -0.4 is 0 Å². The van der Waals surface area contributed by atoms with E-state index in [0.29, 0.717) is 0 Å². The van der Waals surface area contributed by atoms with Gasteiger partial charge in [0.2, 0.25) is 0 Å². The molecule has 1 aromatic rings. The van der Waals surface area contributed by atoms with E-state index in [9.17, 15) is 0 Å². The summed E-state index contributed by atoms with van der Waals surface area (Å²) in [5.74, 6) is 2.91. The third kappa shape index (κ3) is 1.80. The number of hydrogen-bond acceptors (Lipinski definition) is 2. The van der Waals surface area contributed by atoms with Gasteiger partial charge in [0, 0.05) is 0 Å². The van der Waals surface area contributed by atoms with Crippen LogP contribution in [0.3, 0.4) is 0 Å². The quantitative estimate of drug-likeness (QED) is 0.690. The van der Waals surface area contributed by atoms with Crippen LogP contribution in [-0.4, -0.2) is 15.0 Å². The van der Waals surface area contributed by atoms with E-state index in [1.54, 1.807) is 0 Å². The summed E-state index contributed by atoms with van der Waals surface area (Å²) in [4.78, 5) is 0. The van der Waals surface area contributed by atoms with Crippen LogP contribution in [0, 0.1) is 17.8 Å². The number of aryl methyl sites for hydroxylation is 1. The SMILES string of the molecule is CC1[C@H]2CCc3c(nnn3C(C)(C)C)CC[C@@H]12. The van der Waals surface area contributed by atoms with Gasteiger partial charge in [-0.1, -0.05) is 12.1 Å². The van der Waals surface area contributed by atoms with Crippen molar-refractivity contribution in [1.82, 2.24) is 15.0 Å². The van der Waals surface area contributed by atoms with Gasteiger partial charge in [-0.15, -0.1) is 5.10 Å². The van der Waals surface area contributed by atoms with Crippen molar-refractivity contribution in [2.75, 3.05) is 0 Å². The van der Waals surface area contributed by atoms with Crippen LogP contribution in [0.25, 0.3) is 0 Å². The number of fused-ring (bicyclic) bond motifs is 2. The molecule has 94 valence electrons. The average Bonchev–Trinajstić information content (AvgIpc) is 2.65. The second-order valence-electron chi connectivity index (χ2n) is 6.83. The van der Waals surface area contributed by atoms with E-state index in [-0.39, 0.29) is 5.54 Å². The van der Waals surface area contributed by atoms with Crippen LogP contribution in [-0.2, 0) is 18.4 Å². The summed E-state index contributed by atoms with van der Waals surface area (Å²) < 4.78 is 2.15. The predicted octanol–water partition coefficient (Wildman–Crippen LogP) is 2.79. The van der Waals surface area contributed by atoms with Crippen LogP contribution in [0.4, 0.5) is 0 Å². The Balaban J connectivity index is 1.90. The molecule has 0 spiro atoms. The van der Waals surface area contributed by atoms with Gasteiger partial charge in [-0.2, -0.15) is 0 Å². The maximum Gasteiger partial charge on any atom is 0.0859 e. The molecule has 1 unspecified atom stereocenters. The molecule has 0 N–H and O–H groups in total. The van der Waals surface area contributed by atoms with Crippen LogP contribution >= 0.6 is 0 Å². The number of rotatable bonds is 0. The molecule has 3 heteroatoms. The van der Waals surface area contributed by atoms with Crippen LogP contribution in [0.15, 0.2) is 0 Å². The Morgan fingerprint density at radius 1 is 1.12 bits per heavy atom. The minimum atomic E-state index is 0.0638. The minimum Gasteiger partial charge on any atom is -0.244 e. The lowest BCUT2D eigenvalue weighted by Gasteiger charge is -2.22. The van der Waals surface area contributed by atoms with Crippen LogP contribution in [0.5, 0.6) is 0 Å². The summed E-state index contributed by atoms with van der Waals surface area (Å²) in [6, 6.07) is 0. The average molecular weight is 233 g/mol. The topological polar surface area (TPSA) is 30.7 Å². The van der Waals surface area contributed by atoms with Crippen molar-refractivity contribution >= 4 is 0 Å². The lowest BCUT2D eigenvalue weighted by Crippen LogP contribution is -2.26. The van der Waals surface area contributed by atoms with E-state index in [0.717, 1.165) is 24.2 Å². The summed E-state index contributed by atoms with van der Waals surface area (Å²) in [5, 5.41) is 8.79. The minimum absolute atomic E-state index is 0.0638. The second-order valence-corrected chi connectivity index (χ2v) is 6.83. The van der Waals surface area contributed by atoms with Crippen molar-refractivity contribution in [3.8, 4) is 0 Å². The van der Waals surface area contributed by atoms with Crippen LogP contribution in [0.1, 0.15) is 51.9 Å². The lowest BCUT2D eigenvalue weighted by atomic mass is 10.00. The Morgan fingerprint density at radius 3 is 2.41 bits per heavy atom. The molecule has 0 amide bonds. The first kappa shape index (κ1) is 11.2. The van der Waals surface area contributed by atoms with E-state index in [4.69, 9.17) is 0 Å². The molecule has 3 rings (SSSR count). The van der Waals surface area contributed by atoms with Crippen molar-refractivity contribution in [1.29, 1.82) is 0 Å². The smallest absolute Gasteiger partial charge is 0.0859 e. The van der Waals surface area contributed by atoms with E-state index in [2.05, 4.69) is 42.7 Å². The zero-order valence-corrected chi connectivity index (χ0v) is 11.4. The van der Waals surface area contributed by atoms with Crippen molar-refractivity contribution in [3.63, 3.8) is 0 Å². The van der Waals surface area contributed by atoms with Gasteiger partial charge in [0.25, 0.3) is 0 Å². The fourth-order valence-electron chi connectivity index (χ4n) is 3.51. The Morgan fingerprint density at radius 2 is 1.76 bits per heavy atom. The molecule has 0 bridgehead atoms. The third-order valence-electron chi connectivity index (χ3n) is 4.67. The molecule has 3 atom stereocenters. The van der Waals surface area contributed by atoms with Gasteiger partial charge < -0.3 is 0 Å². The largest absolute Gasteiger partial charge is 0.244 e. The molecule has 0 aromatic carbocycles. The van der Waals surface area contributed by atoms with Crippen molar-refractivity contribution in [3.05, 3.63) is 11.4 Å². The highest BCUT2D eigenvalue weighted by atomic mass is 15.5. The molecule has 0 saturated heterocycles. The maximum absolute atomic E-state index is 4.42. The molecule has 3 nitrogen and oxygen atoms in total. The molecule has 2 aliphatic rings. The summed E-state index contributed by atoms with van der Waals surface area (Å²) in [5.41, 5.74) is 2.72.